The van der Waals surface area contributed by atoms with Crippen molar-refractivity contribution in [2.24, 2.45) is 0 Å². The van der Waals surface area contributed by atoms with E-state index in [4.69, 9.17) is 16.3 Å². The molecule has 0 spiro atoms. The number of halogens is 3. The van der Waals surface area contributed by atoms with Crippen LogP contribution in [0.15, 0.2) is 59.1 Å². The van der Waals surface area contributed by atoms with E-state index >= 15 is 0 Å². The molecule has 106 valence electrons. The van der Waals surface area contributed by atoms with Gasteiger partial charge in [-0.2, -0.15) is 0 Å². The van der Waals surface area contributed by atoms with Gasteiger partial charge in [-0.05, 0) is 34.1 Å². The van der Waals surface area contributed by atoms with Crippen molar-refractivity contribution in [1.29, 1.82) is 0 Å². The highest BCUT2D eigenvalue weighted by molar-refractivity contribution is 9.10. The van der Waals surface area contributed by atoms with Crippen LogP contribution in [-0.2, 0) is 6.61 Å². The van der Waals surface area contributed by atoms with Gasteiger partial charge in [-0.1, -0.05) is 48.0 Å². The smallest absolute Gasteiger partial charge is 0.137 e. The van der Waals surface area contributed by atoms with E-state index in [0.717, 1.165) is 22.1 Å². The van der Waals surface area contributed by atoms with Crippen molar-refractivity contribution >= 4 is 38.3 Å². The van der Waals surface area contributed by atoms with Crippen LogP contribution < -0.4 is 4.74 Å². The Labute approximate surface area is 135 Å². The number of hydrogen-bond donors (Lipinski definition) is 0. The molecule has 4 heteroatoms. The summed E-state index contributed by atoms with van der Waals surface area (Å²) < 4.78 is 19.8. The van der Waals surface area contributed by atoms with E-state index in [-0.39, 0.29) is 12.4 Å². The Morgan fingerprint density at radius 1 is 0.952 bits per heavy atom. The van der Waals surface area contributed by atoms with E-state index in [9.17, 15) is 4.39 Å². The molecule has 0 aliphatic rings. The fourth-order valence-corrected chi connectivity index (χ4v) is 2.78. The molecule has 0 saturated heterocycles. The van der Waals surface area contributed by atoms with Crippen LogP contribution in [0.25, 0.3) is 10.8 Å². The van der Waals surface area contributed by atoms with Gasteiger partial charge in [0.1, 0.15) is 18.2 Å². The third-order valence-corrected chi connectivity index (χ3v) is 4.46. The largest absolute Gasteiger partial charge is 0.488 e. The van der Waals surface area contributed by atoms with Gasteiger partial charge in [0.15, 0.2) is 0 Å². The Hall–Kier alpha value is -1.58. The van der Waals surface area contributed by atoms with Crippen LogP contribution >= 0.6 is 27.5 Å². The molecule has 0 radical (unpaired) electrons. The maximum absolute atomic E-state index is 13.5. The molecule has 0 N–H and O–H groups in total. The fraction of sp³-hybridized carbons (Fsp3) is 0.0588. The molecule has 0 aliphatic heterocycles. The number of ether oxygens (including phenoxy) is 1. The van der Waals surface area contributed by atoms with Crippen LogP contribution in [0.2, 0.25) is 5.02 Å². The molecular formula is C17H11BrClFO. The summed E-state index contributed by atoms with van der Waals surface area (Å²) in [5.41, 5.74) is 0.758. The molecule has 0 unspecified atom stereocenters. The van der Waals surface area contributed by atoms with E-state index in [1.165, 1.54) is 6.07 Å². The van der Waals surface area contributed by atoms with Crippen LogP contribution in [0.3, 0.4) is 0 Å². The zero-order valence-corrected chi connectivity index (χ0v) is 13.3. The topological polar surface area (TPSA) is 9.23 Å². The van der Waals surface area contributed by atoms with Crippen molar-refractivity contribution in [2.45, 2.75) is 6.61 Å². The van der Waals surface area contributed by atoms with Crippen molar-refractivity contribution in [2.75, 3.05) is 0 Å². The van der Waals surface area contributed by atoms with E-state index in [1.54, 1.807) is 12.1 Å². The van der Waals surface area contributed by atoms with Crippen molar-refractivity contribution in [3.05, 3.63) is 75.5 Å². The molecule has 3 aromatic rings. The van der Waals surface area contributed by atoms with Crippen molar-refractivity contribution in [3.63, 3.8) is 0 Å². The first-order valence-corrected chi connectivity index (χ1v) is 7.57. The highest BCUT2D eigenvalue weighted by Gasteiger charge is 2.08. The van der Waals surface area contributed by atoms with Gasteiger partial charge in [-0.15, -0.1) is 0 Å². The van der Waals surface area contributed by atoms with E-state index in [0.29, 0.717) is 9.50 Å². The summed E-state index contributed by atoms with van der Waals surface area (Å²) >= 11 is 9.42. The quantitative estimate of drug-likeness (QED) is 0.555. The minimum atomic E-state index is -0.294. The van der Waals surface area contributed by atoms with Gasteiger partial charge in [0.05, 0.1) is 4.47 Å². The summed E-state index contributed by atoms with van der Waals surface area (Å²) in [7, 11) is 0. The van der Waals surface area contributed by atoms with Gasteiger partial charge >= 0.3 is 0 Å². The molecule has 0 aliphatic carbocycles. The number of fused-ring (bicyclic) bond motifs is 1. The Kier molecular flexibility index (Phi) is 4.13. The van der Waals surface area contributed by atoms with Gasteiger partial charge in [0, 0.05) is 21.4 Å². The zero-order valence-electron chi connectivity index (χ0n) is 10.9. The first-order chi connectivity index (χ1) is 10.2. The lowest BCUT2D eigenvalue weighted by molar-refractivity contribution is 0.308. The number of rotatable bonds is 3. The third kappa shape index (κ3) is 2.89. The molecule has 0 atom stereocenters. The zero-order chi connectivity index (χ0) is 14.8. The Balaban J connectivity index is 1.92. The molecule has 0 saturated carbocycles. The van der Waals surface area contributed by atoms with Crippen LogP contribution in [0, 0.1) is 5.82 Å². The maximum Gasteiger partial charge on any atom is 0.137 e. The van der Waals surface area contributed by atoms with Gasteiger partial charge < -0.3 is 4.74 Å². The lowest BCUT2D eigenvalue weighted by atomic mass is 10.1. The monoisotopic (exact) mass is 364 g/mol. The highest BCUT2D eigenvalue weighted by atomic mass is 79.9. The minimum absolute atomic E-state index is 0.282. The number of hydrogen-bond acceptors (Lipinski definition) is 1. The predicted molar refractivity (Wildman–Crippen MR) is 87.4 cm³/mol. The van der Waals surface area contributed by atoms with Crippen LogP contribution in [0.5, 0.6) is 5.75 Å². The van der Waals surface area contributed by atoms with Crippen molar-refractivity contribution in [3.8, 4) is 5.75 Å². The van der Waals surface area contributed by atoms with Gasteiger partial charge in [-0.3, -0.25) is 0 Å². The molecule has 0 heterocycles. The van der Waals surface area contributed by atoms with E-state index < -0.39 is 0 Å². The van der Waals surface area contributed by atoms with Crippen LogP contribution in [0.4, 0.5) is 4.39 Å². The SMILES string of the molecule is Fc1cccc(COc2ccc(Cl)c3ccccc23)c1Br. The molecule has 0 fully saturated rings. The van der Waals surface area contributed by atoms with Crippen molar-refractivity contribution < 1.29 is 9.13 Å². The molecule has 0 amide bonds. The Bertz CT molecular complexity index is 804. The molecule has 3 aromatic carbocycles. The summed E-state index contributed by atoms with van der Waals surface area (Å²) in [6.45, 7) is 0.282. The predicted octanol–water partition coefficient (Wildman–Crippen LogP) is 5.97. The molecule has 3 rings (SSSR count). The Morgan fingerprint density at radius 3 is 2.52 bits per heavy atom. The first kappa shape index (κ1) is 14.4. The second-order valence-electron chi connectivity index (χ2n) is 4.59. The van der Waals surface area contributed by atoms with Crippen molar-refractivity contribution in [1.82, 2.24) is 0 Å². The van der Waals surface area contributed by atoms with E-state index in [2.05, 4.69) is 15.9 Å². The lowest BCUT2D eigenvalue weighted by Crippen LogP contribution is -1.98. The minimum Gasteiger partial charge on any atom is -0.488 e. The third-order valence-electron chi connectivity index (χ3n) is 3.25. The Morgan fingerprint density at radius 2 is 1.71 bits per heavy atom. The summed E-state index contributed by atoms with van der Waals surface area (Å²) in [4.78, 5) is 0. The second kappa shape index (κ2) is 6.04. The summed E-state index contributed by atoms with van der Waals surface area (Å²) in [5, 5.41) is 2.57. The van der Waals surface area contributed by atoms with Crippen LogP contribution in [0.1, 0.15) is 5.56 Å². The van der Waals surface area contributed by atoms with E-state index in [1.807, 2.05) is 36.4 Å². The average molecular weight is 366 g/mol. The lowest BCUT2D eigenvalue weighted by Gasteiger charge is -2.11. The molecule has 21 heavy (non-hydrogen) atoms. The van der Waals surface area contributed by atoms with Gasteiger partial charge in [0.25, 0.3) is 0 Å². The first-order valence-electron chi connectivity index (χ1n) is 6.40. The molecule has 0 bridgehead atoms. The molecular weight excluding hydrogens is 355 g/mol. The summed E-state index contributed by atoms with van der Waals surface area (Å²) in [5.74, 6) is 0.434. The normalized spacial score (nSPS) is 10.8. The summed E-state index contributed by atoms with van der Waals surface area (Å²) in [6.07, 6.45) is 0. The fourth-order valence-electron chi connectivity index (χ4n) is 2.18. The second-order valence-corrected chi connectivity index (χ2v) is 5.79. The molecule has 0 aromatic heterocycles. The number of benzene rings is 3. The highest BCUT2D eigenvalue weighted by Crippen LogP contribution is 2.32. The standard InChI is InChI=1S/C17H11BrClFO/c18-17-11(4-3-7-15(17)20)10-21-16-9-8-14(19)12-5-1-2-6-13(12)16/h1-9H,10H2. The van der Waals surface area contributed by atoms with Gasteiger partial charge in [-0.25, -0.2) is 4.39 Å². The van der Waals surface area contributed by atoms with Crippen LogP contribution in [-0.4, -0.2) is 0 Å². The summed E-state index contributed by atoms with van der Waals surface area (Å²) in [6, 6.07) is 16.3. The molecule has 1 nitrogen and oxygen atoms in total. The average Bonchev–Trinajstić information content (AvgIpc) is 2.51. The van der Waals surface area contributed by atoms with Gasteiger partial charge in [0.2, 0.25) is 0 Å². The maximum atomic E-state index is 13.5.